The lowest BCUT2D eigenvalue weighted by molar-refractivity contribution is -0.134. The van der Waals surface area contributed by atoms with Crippen molar-refractivity contribution in [2.45, 2.75) is 86.8 Å². The molecule has 3 atom stereocenters. The second-order valence-corrected chi connectivity index (χ2v) is 18.3. The van der Waals surface area contributed by atoms with Crippen LogP contribution in [0.5, 0.6) is 5.75 Å². The number of aromatic nitrogens is 3. The summed E-state index contributed by atoms with van der Waals surface area (Å²) in [6, 6.07) is 14.7. The second-order valence-electron chi connectivity index (χ2n) is 16.4. The minimum absolute atomic E-state index is 0.144. The molecule has 2 aromatic heterocycles. The van der Waals surface area contributed by atoms with Gasteiger partial charge in [-0.1, -0.05) is 18.2 Å². The summed E-state index contributed by atoms with van der Waals surface area (Å²) >= 11 is 0. The predicted octanol–water partition coefficient (Wildman–Crippen LogP) is 4.19. The molecule has 3 saturated heterocycles. The quantitative estimate of drug-likeness (QED) is 0.174. The number of aliphatic hydroxyl groups is 1. The minimum Gasteiger partial charge on any atom is -0.492 e. The van der Waals surface area contributed by atoms with E-state index < -0.39 is 39.2 Å². The van der Waals surface area contributed by atoms with Crippen LogP contribution in [0.2, 0.25) is 0 Å². The molecule has 60 heavy (non-hydrogen) atoms. The van der Waals surface area contributed by atoms with Crippen molar-refractivity contribution < 1.29 is 36.6 Å². The van der Waals surface area contributed by atoms with Crippen LogP contribution in [0, 0.1) is 0 Å². The summed E-state index contributed by atoms with van der Waals surface area (Å²) in [5, 5.41) is 17.0. The fraction of sp³-hybridized carbons (Fsp3) is 0.500. The van der Waals surface area contributed by atoms with Crippen molar-refractivity contribution in [2.24, 2.45) is 0 Å². The first-order valence-corrected chi connectivity index (χ1v) is 22.0. The number of ether oxygens (including phenoxy) is 1. The number of piperidine rings is 2. The van der Waals surface area contributed by atoms with Crippen molar-refractivity contribution >= 4 is 44.5 Å². The number of piperazine rings is 1. The first-order valence-electron chi connectivity index (χ1n) is 20.6. The zero-order valence-electron chi connectivity index (χ0n) is 33.4. The smallest absolute Gasteiger partial charge is 0.269 e. The molecule has 1 aliphatic carbocycles. The van der Waals surface area contributed by atoms with Gasteiger partial charge in [-0.05, 0) is 81.3 Å². The Balaban J connectivity index is 0.824. The topological polar surface area (TPSA) is 179 Å². The lowest BCUT2D eigenvalue weighted by Crippen LogP contribution is -2.47. The zero-order chi connectivity index (χ0) is 42.2. The number of fused-ring (bicyclic) bond motifs is 1. The summed E-state index contributed by atoms with van der Waals surface area (Å²) < 4.78 is 63.9. The summed E-state index contributed by atoms with van der Waals surface area (Å²) in [7, 11) is -3.82. The van der Waals surface area contributed by atoms with E-state index in [-0.39, 0.29) is 58.7 Å². The Morgan fingerprint density at radius 1 is 0.983 bits per heavy atom. The molecule has 5 heterocycles. The van der Waals surface area contributed by atoms with Crippen LogP contribution in [0.1, 0.15) is 81.4 Å². The molecule has 18 heteroatoms. The first-order chi connectivity index (χ1) is 28.8. The molecular weight excluding hydrogens is 799 g/mol. The number of hydrogen-bond donors (Lipinski definition) is 3. The molecule has 1 saturated carbocycles. The molecule has 0 bridgehead atoms. The lowest BCUT2D eigenvalue weighted by Gasteiger charge is -2.36. The second kappa shape index (κ2) is 17.1. The third-order valence-electron chi connectivity index (χ3n) is 12.4. The van der Waals surface area contributed by atoms with Crippen molar-refractivity contribution in [3.63, 3.8) is 0 Å². The number of carbonyl (C=O) groups is 2. The van der Waals surface area contributed by atoms with E-state index in [0.29, 0.717) is 63.8 Å². The number of pyridine rings is 1. The van der Waals surface area contributed by atoms with Crippen molar-refractivity contribution in [3.8, 4) is 5.75 Å². The Labute approximate surface area is 346 Å². The van der Waals surface area contributed by atoms with E-state index >= 15 is 0 Å². The summed E-state index contributed by atoms with van der Waals surface area (Å²) in [6.07, 6.45) is 1.66. The van der Waals surface area contributed by atoms with Crippen LogP contribution in [0.15, 0.2) is 70.5 Å². The fourth-order valence-electron chi connectivity index (χ4n) is 8.94. The van der Waals surface area contributed by atoms with Crippen LogP contribution >= 0.6 is 0 Å². The van der Waals surface area contributed by atoms with Crippen LogP contribution < -0.4 is 25.8 Å². The molecule has 8 rings (SSSR count). The van der Waals surface area contributed by atoms with Gasteiger partial charge in [0.2, 0.25) is 27.8 Å². The highest BCUT2D eigenvalue weighted by Gasteiger charge is 2.40. The van der Waals surface area contributed by atoms with Gasteiger partial charge in [0.25, 0.3) is 12.0 Å². The summed E-state index contributed by atoms with van der Waals surface area (Å²) in [4.78, 5) is 50.7. The number of rotatable bonds is 12. The molecule has 4 fully saturated rings. The van der Waals surface area contributed by atoms with Gasteiger partial charge >= 0.3 is 0 Å². The van der Waals surface area contributed by atoms with Crippen molar-refractivity contribution in [1.29, 1.82) is 0 Å². The normalized spacial score (nSPS) is 23.6. The molecule has 4 aromatic rings. The van der Waals surface area contributed by atoms with Gasteiger partial charge in [-0.2, -0.15) is 9.29 Å². The Morgan fingerprint density at radius 2 is 1.73 bits per heavy atom. The maximum Gasteiger partial charge on any atom is 0.269 e. The number of amides is 2. The van der Waals surface area contributed by atoms with Crippen LogP contribution in [-0.4, -0.2) is 113 Å². The molecule has 0 radical (unpaired) electrons. The number of sulfonamides is 1. The Bertz CT molecular complexity index is 2400. The van der Waals surface area contributed by atoms with Gasteiger partial charge in [0, 0.05) is 81.6 Å². The van der Waals surface area contributed by atoms with E-state index in [2.05, 4.69) is 30.4 Å². The van der Waals surface area contributed by atoms with Crippen molar-refractivity contribution in [2.75, 3.05) is 62.6 Å². The number of anilines is 2. The number of nitrogens with zero attached hydrogens (tertiary/aromatic N) is 6. The van der Waals surface area contributed by atoms with E-state index in [4.69, 9.17) is 4.74 Å². The number of halogens is 2. The number of hydrogen-bond acceptors (Lipinski definition) is 12. The Kier molecular flexibility index (Phi) is 11.9. The van der Waals surface area contributed by atoms with Crippen LogP contribution in [0.25, 0.3) is 11.0 Å². The van der Waals surface area contributed by atoms with E-state index in [1.54, 1.807) is 31.2 Å². The van der Waals surface area contributed by atoms with Crippen LogP contribution in [-0.2, 0) is 19.6 Å². The van der Waals surface area contributed by atoms with Gasteiger partial charge < -0.3 is 20.1 Å². The summed E-state index contributed by atoms with van der Waals surface area (Å²) in [5.41, 5.74) is -0.665. The van der Waals surface area contributed by atoms with E-state index in [1.807, 2.05) is 24.3 Å². The molecular formula is C42H50F2N8O7S. The number of imide groups is 1. The molecule has 0 spiro atoms. The van der Waals surface area contributed by atoms with Crippen LogP contribution in [0.3, 0.4) is 0 Å². The van der Waals surface area contributed by atoms with E-state index in [1.165, 1.54) is 15.1 Å². The standard InChI is InChI=1S/C42H50F2N8O7S/c1-42(56)15-3-6-35(42)52-38-28(24-34(37(43)44)40(52)55)26-45-41(48-38)46-29-13-16-51(17-14-29)60(57,58)32-5-2-4-31(25-32)59-23-22-49-18-20-50(21-19-49)30-9-7-27(8-10-30)33-11-12-36(53)47-39(33)54/h2,4-5,7-10,24-26,29,33,35,37,56H,3,6,11-23H2,1H3,(H,45,46,48)(H,47,53,54)/t33?,35-,42-/m1/s1. The molecule has 3 aliphatic heterocycles. The molecule has 3 N–H and O–H groups in total. The lowest BCUT2D eigenvalue weighted by atomic mass is 9.90. The summed E-state index contributed by atoms with van der Waals surface area (Å²) in [5.74, 6) is -0.116. The third-order valence-corrected chi connectivity index (χ3v) is 14.3. The monoisotopic (exact) mass is 848 g/mol. The van der Waals surface area contributed by atoms with Gasteiger partial charge in [0.15, 0.2) is 0 Å². The molecule has 2 amide bonds. The maximum absolute atomic E-state index is 13.9. The average Bonchev–Trinajstić information content (AvgIpc) is 3.59. The summed E-state index contributed by atoms with van der Waals surface area (Å²) in [6.45, 7) is 6.46. The molecule has 15 nitrogen and oxygen atoms in total. The number of nitrogens with one attached hydrogen (secondary N) is 2. The number of alkyl halides is 2. The fourth-order valence-corrected chi connectivity index (χ4v) is 10.4. The largest absolute Gasteiger partial charge is 0.492 e. The number of benzene rings is 2. The van der Waals surface area contributed by atoms with Crippen LogP contribution in [0.4, 0.5) is 20.4 Å². The Hall–Kier alpha value is -5.04. The minimum atomic E-state index is -3.82. The molecule has 2 aromatic carbocycles. The highest BCUT2D eigenvalue weighted by molar-refractivity contribution is 7.89. The molecule has 1 unspecified atom stereocenters. The maximum atomic E-state index is 13.9. The SMILES string of the molecule is C[C@@]1(O)CCC[C@H]1n1c(=O)c(C(F)F)cc2cnc(NC3CCN(S(=O)(=O)c4cccc(OCCN5CCN(c6ccc(C7CCC(=O)NC7=O)cc6)CC5)c4)CC3)nc21. The van der Waals surface area contributed by atoms with E-state index in [0.717, 1.165) is 43.5 Å². The zero-order valence-corrected chi connectivity index (χ0v) is 34.3. The average molecular weight is 849 g/mol. The highest BCUT2D eigenvalue weighted by atomic mass is 32.2. The van der Waals surface area contributed by atoms with Gasteiger partial charge in [-0.25, -0.2) is 22.2 Å². The molecule has 4 aliphatic rings. The van der Waals surface area contributed by atoms with Gasteiger partial charge in [0.05, 0.1) is 28.0 Å². The third kappa shape index (κ3) is 8.73. The van der Waals surface area contributed by atoms with Crippen molar-refractivity contribution in [1.82, 2.24) is 29.1 Å². The van der Waals surface area contributed by atoms with Gasteiger partial charge in [-0.3, -0.25) is 29.2 Å². The van der Waals surface area contributed by atoms with Gasteiger partial charge in [-0.15, -0.1) is 0 Å². The number of carbonyl (C=O) groups excluding carboxylic acids is 2. The van der Waals surface area contributed by atoms with E-state index in [9.17, 15) is 36.7 Å². The van der Waals surface area contributed by atoms with Gasteiger partial charge in [0.1, 0.15) is 18.0 Å². The van der Waals surface area contributed by atoms with Crippen molar-refractivity contribution in [3.05, 3.63) is 82.3 Å². The first kappa shape index (κ1) is 41.7. The highest BCUT2D eigenvalue weighted by Crippen LogP contribution is 2.40. The molecule has 320 valence electrons. The Morgan fingerprint density at radius 3 is 2.42 bits per heavy atom. The predicted molar refractivity (Wildman–Crippen MR) is 220 cm³/mol.